The highest BCUT2D eigenvalue weighted by Gasteiger charge is 2.19. The molecule has 0 fully saturated rings. The molecule has 0 aliphatic carbocycles. The van der Waals surface area contributed by atoms with E-state index in [2.05, 4.69) is 14.8 Å². The van der Waals surface area contributed by atoms with Crippen LogP contribution in [0, 0.1) is 6.92 Å². The summed E-state index contributed by atoms with van der Waals surface area (Å²) in [6, 6.07) is 1.89. The van der Waals surface area contributed by atoms with Crippen molar-refractivity contribution in [3.05, 3.63) is 29.5 Å². The van der Waals surface area contributed by atoms with Crippen LogP contribution in [0.2, 0.25) is 0 Å². The number of hydrogen-bond acceptors (Lipinski definition) is 5. The van der Waals surface area contributed by atoms with Crippen molar-refractivity contribution in [1.82, 2.24) is 19.3 Å². The van der Waals surface area contributed by atoms with Crippen LogP contribution < -0.4 is 5.73 Å². The Labute approximate surface area is 104 Å². The van der Waals surface area contributed by atoms with Crippen LogP contribution >= 0.6 is 0 Å². The highest BCUT2D eigenvalue weighted by Crippen LogP contribution is 2.16. The number of aromatic nitrogens is 4. The van der Waals surface area contributed by atoms with Gasteiger partial charge in [-0.2, -0.15) is 5.10 Å². The summed E-state index contributed by atoms with van der Waals surface area (Å²) in [6.45, 7) is 2.30. The standard InChI is InChI=1S/C11H15N5O2/c1-7-14-9(11(17)18-3)10(12)16(7)6-8-4-5-13-15(8)2/h4-5H,6,12H2,1-3H3. The van der Waals surface area contributed by atoms with Gasteiger partial charge in [0, 0.05) is 13.2 Å². The van der Waals surface area contributed by atoms with E-state index < -0.39 is 5.97 Å². The number of anilines is 1. The fourth-order valence-corrected chi connectivity index (χ4v) is 1.75. The van der Waals surface area contributed by atoms with Crippen LogP contribution in [-0.4, -0.2) is 32.4 Å². The van der Waals surface area contributed by atoms with Crippen molar-refractivity contribution >= 4 is 11.8 Å². The van der Waals surface area contributed by atoms with Gasteiger partial charge in [-0.25, -0.2) is 9.78 Å². The molecule has 0 saturated carbocycles. The second-order valence-electron chi connectivity index (χ2n) is 3.92. The van der Waals surface area contributed by atoms with Gasteiger partial charge in [0.05, 0.1) is 19.3 Å². The van der Waals surface area contributed by atoms with Gasteiger partial charge >= 0.3 is 5.97 Å². The molecule has 7 heteroatoms. The number of nitrogens with two attached hydrogens (primary N) is 1. The van der Waals surface area contributed by atoms with E-state index in [-0.39, 0.29) is 5.69 Å². The Morgan fingerprint density at radius 3 is 2.83 bits per heavy atom. The molecule has 0 aromatic carbocycles. The Hall–Kier alpha value is -2.31. The van der Waals surface area contributed by atoms with E-state index in [1.54, 1.807) is 22.4 Å². The predicted octanol–water partition coefficient (Wildman–Crippen LogP) is 0.342. The summed E-state index contributed by atoms with van der Waals surface area (Å²) in [5, 5.41) is 4.08. The number of carbonyl (C=O) groups excluding carboxylic acids is 1. The fourth-order valence-electron chi connectivity index (χ4n) is 1.75. The van der Waals surface area contributed by atoms with Gasteiger partial charge in [-0.05, 0) is 13.0 Å². The van der Waals surface area contributed by atoms with E-state index in [0.29, 0.717) is 18.2 Å². The van der Waals surface area contributed by atoms with Crippen molar-refractivity contribution in [2.24, 2.45) is 7.05 Å². The molecule has 0 bridgehead atoms. The fraction of sp³-hybridized carbons (Fsp3) is 0.364. The number of esters is 1. The Kier molecular flexibility index (Phi) is 3.05. The van der Waals surface area contributed by atoms with Gasteiger partial charge in [0.1, 0.15) is 11.6 Å². The molecular weight excluding hydrogens is 234 g/mol. The van der Waals surface area contributed by atoms with Crippen LogP contribution in [0.5, 0.6) is 0 Å². The zero-order chi connectivity index (χ0) is 13.3. The van der Waals surface area contributed by atoms with Crippen LogP contribution in [0.25, 0.3) is 0 Å². The lowest BCUT2D eigenvalue weighted by Gasteiger charge is -2.07. The van der Waals surface area contributed by atoms with Crippen LogP contribution in [0.4, 0.5) is 5.82 Å². The molecule has 96 valence electrons. The maximum atomic E-state index is 11.5. The molecule has 2 aromatic heterocycles. The Morgan fingerprint density at radius 2 is 2.28 bits per heavy atom. The van der Waals surface area contributed by atoms with E-state index in [4.69, 9.17) is 5.73 Å². The zero-order valence-electron chi connectivity index (χ0n) is 10.5. The lowest BCUT2D eigenvalue weighted by Crippen LogP contribution is -2.11. The number of imidazole rings is 1. The summed E-state index contributed by atoms with van der Waals surface area (Å²) in [5.41, 5.74) is 7.04. The minimum atomic E-state index is -0.528. The Bertz CT molecular complexity index is 584. The van der Waals surface area contributed by atoms with Crippen molar-refractivity contribution < 1.29 is 9.53 Å². The number of aryl methyl sites for hydroxylation is 2. The second-order valence-corrected chi connectivity index (χ2v) is 3.92. The number of nitrogens with zero attached hydrogens (tertiary/aromatic N) is 4. The first-order chi connectivity index (χ1) is 8.54. The number of methoxy groups -OCH3 is 1. The summed E-state index contributed by atoms with van der Waals surface area (Å²) < 4.78 is 8.13. The van der Waals surface area contributed by atoms with Crippen LogP contribution in [0.15, 0.2) is 12.3 Å². The molecule has 0 aliphatic heterocycles. The summed E-state index contributed by atoms with van der Waals surface area (Å²) in [4.78, 5) is 15.6. The van der Waals surface area contributed by atoms with Crippen molar-refractivity contribution in [1.29, 1.82) is 0 Å². The predicted molar refractivity (Wildman–Crippen MR) is 65.0 cm³/mol. The summed E-state index contributed by atoms with van der Waals surface area (Å²) in [5.74, 6) is 0.439. The topological polar surface area (TPSA) is 88.0 Å². The molecule has 0 radical (unpaired) electrons. The minimum Gasteiger partial charge on any atom is -0.464 e. The van der Waals surface area contributed by atoms with Crippen LogP contribution in [0.1, 0.15) is 22.0 Å². The highest BCUT2D eigenvalue weighted by atomic mass is 16.5. The van der Waals surface area contributed by atoms with E-state index in [1.807, 2.05) is 13.1 Å². The maximum Gasteiger partial charge on any atom is 0.360 e. The van der Waals surface area contributed by atoms with Gasteiger partial charge < -0.3 is 15.0 Å². The number of carbonyl (C=O) groups is 1. The van der Waals surface area contributed by atoms with Crippen molar-refractivity contribution in [2.45, 2.75) is 13.5 Å². The van der Waals surface area contributed by atoms with Crippen molar-refractivity contribution in [2.75, 3.05) is 12.8 Å². The summed E-state index contributed by atoms with van der Waals surface area (Å²) in [6.07, 6.45) is 1.71. The third-order valence-corrected chi connectivity index (χ3v) is 2.82. The SMILES string of the molecule is COC(=O)c1nc(C)n(Cc2ccnn2C)c1N. The molecule has 7 nitrogen and oxygen atoms in total. The zero-order valence-corrected chi connectivity index (χ0v) is 10.5. The first-order valence-corrected chi connectivity index (χ1v) is 5.42. The highest BCUT2D eigenvalue weighted by molar-refractivity contribution is 5.92. The van der Waals surface area contributed by atoms with Crippen molar-refractivity contribution in [3.63, 3.8) is 0 Å². The first kappa shape index (κ1) is 12.2. The average molecular weight is 249 g/mol. The lowest BCUT2D eigenvalue weighted by atomic mass is 10.4. The number of nitrogen functional groups attached to an aromatic ring is 1. The van der Waals surface area contributed by atoms with Gasteiger partial charge in [-0.3, -0.25) is 4.68 Å². The van der Waals surface area contributed by atoms with Gasteiger partial charge in [-0.15, -0.1) is 0 Å². The molecule has 2 N–H and O–H groups in total. The smallest absolute Gasteiger partial charge is 0.360 e. The van der Waals surface area contributed by atoms with Crippen LogP contribution in [0.3, 0.4) is 0 Å². The van der Waals surface area contributed by atoms with Gasteiger partial charge in [0.15, 0.2) is 5.69 Å². The Balaban J connectivity index is 2.37. The molecule has 0 aliphatic rings. The van der Waals surface area contributed by atoms with E-state index in [1.165, 1.54) is 7.11 Å². The molecule has 0 spiro atoms. The van der Waals surface area contributed by atoms with Gasteiger partial charge in [0.25, 0.3) is 0 Å². The quantitative estimate of drug-likeness (QED) is 0.792. The average Bonchev–Trinajstić information content (AvgIpc) is 2.87. The molecule has 0 atom stereocenters. The molecule has 0 saturated heterocycles. The van der Waals surface area contributed by atoms with E-state index in [9.17, 15) is 4.79 Å². The lowest BCUT2D eigenvalue weighted by molar-refractivity contribution is 0.0595. The molecule has 0 unspecified atom stereocenters. The number of rotatable bonds is 3. The first-order valence-electron chi connectivity index (χ1n) is 5.42. The van der Waals surface area contributed by atoms with Gasteiger partial charge in [0.2, 0.25) is 0 Å². The normalized spacial score (nSPS) is 10.6. The van der Waals surface area contributed by atoms with E-state index >= 15 is 0 Å². The monoisotopic (exact) mass is 249 g/mol. The Morgan fingerprint density at radius 1 is 1.56 bits per heavy atom. The van der Waals surface area contributed by atoms with Crippen LogP contribution in [-0.2, 0) is 18.3 Å². The van der Waals surface area contributed by atoms with Gasteiger partial charge in [-0.1, -0.05) is 0 Å². The van der Waals surface area contributed by atoms with Crippen molar-refractivity contribution in [3.8, 4) is 0 Å². The third kappa shape index (κ3) is 1.94. The number of ether oxygens (including phenoxy) is 1. The number of hydrogen-bond donors (Lipinski definition) is 1. The molecule has 18 heavy (non-hydrogen) atoms. The molecule has 2 heterocycles. The molecule has 2 rings (SSSR count). The maximum absolute atomic E-state index is 11.5. The van der Waals surface area contributed by atoms with E-state index in [0.717, 1.165) is 5.69 Å². The molecular formula is C11H15N5O2. The largest absolute Gasteiger partial charge is 0.464 e. The molecule has 0 amide bonds. The molecule has 2 aromatic rings. The summed E-state index contributed by atoms with van der Waals surface area (Å²) >= 11 is 0. The second kappa shape index (κ2) is 4.52. The minimum absolute atomic E-state index is 0.150. The third-order valence-electron chi connectivity index (χ3n) is 2.82. The summed E-state index contributed by atoms with van der Waals surface area (Å²) in [7, 11) is 3.15.